The first-order chi connectivity index (χ1) is 13.2. The number of hydrogen-bond donors (Lipinski definition) is 2. The molecule has 0 bridgehead atoms. The van der Waals surface area contributed by atoms with E-state index in [1.807, 2.05) is 13.8 Å². The zero-order chi connectivity index (χ0) is 20.3. The molecule has 0 spiro atoms. The number of rotatable bonds is 7. The summed E-state index contributed by atoms with van der Waals surface area (Å²) in [5, 5.41) is 2.71. The molecule has 1 atom stereocenters. The molecule has 1 aliphatic rings. The van der Waals surface area contributed by atoms with Crippen molar-refractivity contribution in [2.75, 3.05) is 18.5 Å². The largest absolute Gasteiger partial charge is 0.492 e. The molecule has 2 aromatic rings. The van der Waals surface area contributed by atoms with E-state index in [-0.39, 0.29) is 35.4 Å². The molecule has 2 aromatic carbocycles. The fourth-order valence-electron chi connectivity index (χ4n) is 2.96. The number of anilines is 2. The van der Waals surface area contributed by atoms with Gasteiger partial charge in [0.25, 0.3) is 5.91 Å². The van der Waals surface area contributed by atoms with Crippen molar-refractivity contribution in [2.45, 2.75) is 32.2 Å². The number of ether oxygens (including phenoxy) is 3. The minimum Gasteiger partial charge on any atom is -0.492 e. The maximum atomic E-state index is 14.1. The maximum absolute atomic E-state index is 14.1. The van der Waals surface area contributed by atoms with Crippen molar-refractivity contribution in [3.05, 3.63) is 53.6 Å². The minimum absolute atomic E-state index is 0.0224. The number of nitrogens with one attached hydrogen (secondary N) is 1. The van der Waals surface area contributed by atoms with E-state index in [1.54, 1.807) is 6.07 Å². The Balaban J connectivity index is 1.78. The average Bonchev–Trinajstić information content (AvgIpc) is 2.95. The van der Waals surface area contributed by atoms with Gasteiger partial charge in [-0.25, -0.2) is 8.78 Å². The van der Waals surface area contributed by atoms with Crippen molar-refractivity contribution in [1.29, 1.82) is 0 Å². The van der Waals surface area contributed by atoms with Crippen molar-refractivity contribution in [3.8, 4) is 5.75 Å². The van der Waals surface area contributed by atoms with E-state index in [0.717, 1.165) is 12.1 Å². The molecule has 1 aliphatic heterocycles. The van der Waals surface area contributed by atoms with Crippen LogP contribution in [0.4, 0.5) is 20.2 Å². The highest BCUT2D eigenvalue weighted by Gasteiger charge is 2.32. The van der Waals surface area contributed by atoms with Gasteiger partial charge in [0.1, 0.15) is 22.9 Å². The number of carbonyl (C=O) groups is 1. The van der Waals surface area contributed by atoms with Gasteiger partial charge in [0.15, 0.2) is 5.79 Å². The van der Waals surface area contributed by atoms with Crippen LogP contribution in [0.5, 0.6) is 5.75 Å². The van der Waals surface area contributed by atoms with Crippen molar-refractivity contribution in [2.24, 2.45) is 5.73 Å². The van der Waals surface area contributed by atoms with Gasteiger partial charge >= 0.3 is 0 Å². The molecule has 0 saturated carbocycles. The van der Waals surface area contributed by atoms with Crippen LogP contribution >= 0.6 is 0 Å². The van der Waals surface area contributed by atoms with E-state index in [0.29, 0.717) is 13.0 Å². The second-order valence-corrected chi connectivity index (χ2v) is 6.88. The number of carbonyl (C=O) groups excluding carboxylic acids is 1. The van der Waals surface area contributed by atoms with E-state index in [4.69, 9.17) is 19.9 Å². The highest BCUT2D eigenvalue weighted by Crippen LogP contribution is 2.32. The van der Waals surface area contributed by atoms with Crippen LogP contribution in [0, 0.1) is 11.6 Å². The van der Waals surface area contributed by atoms with E-state index in [9.17, 15) is 13.6 Å². The van der Waals surface area contributed by atoms with Crippen LogP contribution in [0.25, 0.3) is 0 Å². The predicted octanol–water partition coefficient (Wildman–Crippen LogP) is 3.73. The van der Waals surface area contributed by atoms with Crippen LogP contribution < -0.4 is 15.8 Å². The third-order valence-electron chi connectivity index (χ3n) is 4.22. The van der Waals surface area contributed by atoms with Gasteiger partial charge in [-0.2, -0.15) is 0 Å². The van der Waals surface area contributed by atoms with E-state index in [1.165, 1.54) is 18.2 Å². The second kappa shape index (κ2) is 8.12. The summed E-state index contributed by atoms with van der Waals surface area (Å²) < 4.78 is 44.8. The minimum atomic E-state index is -0.824. The van der Waals surface area contributed by atoms with Gasteiger partial charge in [-0.3, -0.25) is 4.79 Å². The van der Waals surface area contributed by atoms with Crippen LogP contribution in [0.3, 0.4) is 0 Å². The fourth-order valence-corrected chi connectivity index (χ4v) is 2.96. The average molecular weight is 392 g/mol. The molecule has 1 unspecified atom stereocenters. The summed E-state index contributed by atoms with van der Waals surface area (Å²) in [5.74, 6) is -2.70. The first-order valence-electron chi connectivity index (χ1n) is 8.84. The number of primary amides is 1. The summed E-state index contributed by atoms with van der Waals surface area (Å²) in [5.41, 5.74) is 5.51. The SMILES string of the molecule is CC1(C)OCC(CCOc2cc(F)cc(Nc3ccccc3F)c2C(N)=O)O1. The predicted molar refractivity (Wildman–Crippen MR) is 99.6 cm³/mol. The molecule has 1 fully saturated rings. The summed E-state index contributed by atoms with van der Waals surface area (Å²) >= 11 is 0. The first kappa shape index (κ1) is 20.0. The molecule has 1 amide bonds. The third kappa shape index (κ3) is 4.76. The molecule has 0 radical (unpaired) electrons. The quantitative estimate of drug-likeness (QED) is 0.750. The molecule has 150 valence electrons. The Morgan fingerprint density at radius 2 is 2.04 bits per heavy atom. The summed E-state index contributed by atoms with van der Waals surface area (Å²) in [6, 6.07) is 7.97. The Hall–Kier alpha value is -2.71. The van der Waals surface area contributed by atoms with Crippen LogP contribution in [-0.4, -0.2) is 31.0 Å². The molecule has 0 aromatic heterocycles. The highest BCUT2D eigenvalue weighted by molar-refractivity contribution is 6.02. The monoisotopic (exact) mass is 392 g/mol. The number of benzene rings is 2. The normalized spacial score (nSPS) is 18.1. The van der Waals surface area contributed by atoms with Crippen LogP contribution in [0.1, 0.15) is 30.6 Å². The van der Waals surface area contributed by atoms with Gasteiger partial charge in [-0.05, 0) is 32.0 Å². The molecule has 6 nitrogen and oxygen atoms in total. The van der Waals surface area contributed by atoms with Crippen LogP contribution in [-0.2, 0) is 9.47 Å². The molecule has 8 heteroatoms. The third-order valence-corrected chi connectivity index (χ3v) is 4.22. The Morgan fingerprint density at radius 1 is 1.29 bits per heavy atom. The van der Waals surface area contributed by atoms with E-state index >= 15 is 0 Å². The standard InChI is InChI=1S/C20H22F2N2O4/c1-20(2)27-11-13(28-20)7-8-26-17-10-12(21)9-16(18(17)19(23)25)24-15-6-4-3-5-14(15)22/h3-6,9-10,13,24H,7-8,11H2,1-2H3,(H2,23,25). The number of para-hydroxylation sites is 1. The molecule has 3 N–H and O–H groups in total. The molecule has 3 rings (SSSR count). The lowest BCUT2D eigenvalue weighted by Crippen LogP contribution is -2.22. The summed E-state index contributed by atoms with van der Waals surface area (Å²) in [6.45, 7) is 4.20. The molecule has 0 aliphatic carbocycles. The van der Waals surface area contributed by atoms with E-state index in [2.05, 4.69) is 5.32 Å². The van der Waals surface area contributed by atoms with Crippen molar-refractivity contribution in [3.63, 3.8) is 0 Å². The molecule has 1 saturated heterocycles. The zero-order valence-corrected chi connectivity index (χ0v) is 15.6. The fraction of sp³-hybridized carbons (Fsp3) is 0.350. The molecular formula is C20H22F2N2O4. The van der Waals surface area contributed by atoms with Gasteiger partial charge in [0.05, 0.1) is 30.7 Å². The van der Waals surface area contributed by atoms with Crippen LogP contribution in [0.2, 0.25) is 0 Å². The summed E-state index contributed by atoms with van der Waals surface area (Å²) in [7, 11) is 0. The smallest absolute Gasteiger partial charge is 0.254 e. The second-order valence-electron chi connectivity index (χ2n) is 6.88. The molecule has 28 heavy (non-hydrogen) atoms. The topological polar surface area (TPSA) is 82.8 Å². The summed E-state index contributed by atoms with van der Waals surface area (Å²) in [6.07, 6.45) is 0.311. The molecule has 1 heterocycles. The Labute approximate surface area is 161 Å². The number of halogens is 2. The maximum Gasteiger partial charge on any atom is 0.254 e. The van der Waals surface area contributed by atoms with Gasteiger partial charge in [-0.1, -0.05) is 12.1 Å². The number of hydrogen-bond acceptors (Lipinski definition) is 5. The lowest BCUT2D eigenvalue weighted by Gasteiger charge is -2.18. The van der Waals surface area contributed by atoms with Gasteiger partial charge in [-0.15, -0.1) is 0 Å². The first-order valence-corrected chi connectivity index (χ1v) is 8.84. The van der Waals surface area contributed by atoms with Crippen molar-refractivity contribution >= 4 is 17.3 Å². The van der Waals surface area contributed by atoms with E-state index < -0.39 is 23.3 Å². The Bertz CT molecular complexity index is 873. The Morgan fingerprint density at radius 3 is 2.68 bits per heavy atom. The van der Waals surface area contributed by atoms with Gasteiger partial charge in [0, 0.05) is 12.5 Å². The summed E-state index contributed by atoms with van der Waals surface area (Å²) in [4.78, 5) is 12.0. The van der Waals surface area contributed by atoms with Crippen molar-refractivity contribution < 1.29 is 27.8 Å². The van der Waals surface area contributed by atoms with Gasteiger partial charge < -0.3 is 25.3 Å². The van der Waals surface area contributed by atoms with Gasteiger partial charge in [0.2, 0.25) is 0 Å². The lowest BCUT2D eigenvalue weighted by atomic mass is 10.1. The van der Waals surface area contributed by atoms with Crippen molar-refractivity contribution in [1.82, 2.24) is 0 Å². The molecular weight excluding hydrogens is 370 g/mol. The highest BCUT2D eigenvalue weighted by atomic mass is 19.1. The Kier molecular flexibility index (Phi) is 5.81. The number of nitrogens with two attached hydrogens (primary N) is 1. The number of amides is 1. The zero-order valence-electron chi connectivity index (χ0n) is 15.6. The lowest BCUT2D eigenvalue weighted by molar-refractivity contribution is -0.139. The van der Waals surface area contributed by atoms with Crippen LogP contribution in [0.15, 0.2) is 36.4 Å².